The van der Waals surface area contributed by atoms with Gasteiger partial charge in [0.05, 0.1) is 11.9 Å². The van der Waals surface area contributed by atoms with Crippen LogP contribution in [0.15, 0.2) is 23.3 Å². The Kier molecular flexibility index (Phi) is 2.84. The molecule has 70 valence electrons. The summed E-state index contributed by atoms with van der Waals surface area (Å²) in [7, 11) is 3.57. The number of hydrogen-bond acceptors (Lipinski definition) is 3. The first-order valence-corrected chi connectivity index (χ1v) is 3.85. The summed E-state index contributed by atoms with van der Waals surface area (Å²) in [6.07, 6.45) is 1.41. The molecule has 0 fully saturated rings. The molecule has 0 spiro atoms. The molecule has 0 aliphatic rings. The van der Waals surface area contributed by atoms with Gasteiger partial charge in [-0.3, -0.25) is 0 Å². The van der Waals surface area contributed by atoms with Crippen LogP contribution in [0.25, 0.3) is 0 Å². The number of anilines is 1. The van der Waals surface area contributed by atoms with E-state index in [0.29, 0.717) is 11.3 Å². The topological polar surface area (TPSA) is 41.6 Å². The van der Waals surface area contributed by atoms with Crippen molar-refractivity contribution >= 4 is 11.9 Å². The van der Waals surface area contributed by atoms with E-state index in [1.165, 1.54) is 12.3 Å². The van der Waals surface area contributed by atoms with Crippen molar-refractivity contribution in [2.45, 2.75) is 0 Å². The second kappa shape index (κ2) is 3.89. The highest BCUT2D eigenvalue weighted by molar-refractivity contribution is 5.80. The zero-order chi connectivity index (χ0) is 9.84. The van der Waals surface area contributed by atoms with Gasteiger partial charge in [0.15, 0.2) is 0 Å². The molecule has 0 aromatic heterocycles. The van der Waals surface area contributed by atoms with Gasteiger partial charge in [-0.25, -0.2) is 4.39 Å². The van der Waals surface area contributed by atoms with Gasteiger partial charge in [0.25, 0.3) is 0 Å². The summed E-state index contributed by atoms with van der Waals surface area (Å²) in [6.45, 7) is 0. The number of rotatable bonds is 2. The van der Waals surface area contributed by atoms with Crippen molar-refractivity contribution in [3.05, 3.63) is 29.6 Å². The lowest BCUT2D eigenvalue weighted by molar-refractivity contribution is 0.626. The van der Waals surface area contributed by atoms with Crippen LogP contribution in [0.1, 0.15) is 5.56 Å². The number of nitrogens with zero attached hydrogens (tertiary/aromatic N) is 2. The largest absolute Gasteiger partial charge is 0.375 e. The minimum atomic E-state index is -0.276. The Bertz CT molecular complexity index is 321. The maximum Gasteiger partial charge on any atom is 0.147 e. The van der Waals surface area contributed by atoms with Gasteiger partial charge in [0.1, 0.15) is 5.82 Å². The lowest BCUT2D eigenvalue weighted by Crippen LogP contribution is -2.10. The Hall–Kier alpha value is -1.58. The third-order valence-electron chi connectivity index (χ3n) is 1.68. The number of hydrazone groups is 1. The SMILES string of the molecule is CN(C)c1ccc(/C=N/N)cc1F. The molecule has 1 rings (SSSR count). The third-order valence-corrected chi connectivity index (χ3v) is 1.68. The van der Waals surface area contributed by atoms with Crippen molar-refractivity contribution in [3.8, 4) is 0 Å². The van der Waals surface area contributed by atoms with Gasteiger partial charge in [-0.1, -0.05) is 6.07 Å². The van der Waals surface area contributed by atoms with E-state index in [9.17, 15) is 4.39 Å². The van der Waals surface area contributed by atoms with Crippen molar-refractivity contribution in [2.24, 2.45) is 10.9 Å². The van der Waals surface area contributed by atoms with Crippen LogP contribution in [0.3, 0.4) is 0 Å². The molecule has 0 unspecified atom stereocenters. The Labute approximate surface area is 76.7 Å². The molecular weight excluding hydrogens is 169 g/mol. The summed E-state index contributed by atoms with van der Waals surface area (Å²) in [5, 5.41) is 3.32. The van der Waals surface area contributed by atoms with E-state index in [0.717, 1.165) is 0 Å². The Morgan fingerprint density at radius 1 is 1.46 bits per heavy atom. The fourth-order valence-corrected chi connectivity index (χ4v) is 1.05. The summed E-state index contributed by atoms with van der Waals surface area (Å²) >= 11 is 0. The predicted octanol–water partition coefficient (Wildman–Crippen LogP) is 1.18. The van der Waals surface area contributed by atoms with E-state index in [2.05, 4.69) is 5.10 Å². The second-order valence-corrected chi connectivity index (χ2v) is 2.88. The number of hydrogen-bond donors (Lipinski definition) is 1. The average Bonchev–Trinajstić information content (AvgIpc) is 2.04. The first-order valence-electron chi connectivity index (χ1n) is 3.85. The summed E-state index contributed by atoms with van der Waals surface area (Å²) in [6, 6.07) is 4.84. The molecule has 0 aliphatic carbocycles. The molecule has 0 radical (unpaired) electrons. The van der Waals surface area contributed by atoms with Crippen LogP contribution in [-0.4, -0.2) is 20.3 Å². The van der Waals surface area contributed by atoms with Crippen LogP contribution in [0, 0.1) is 5.82 Å². The quantitative estimate of drug-likeness (QED) is 0.423. The first kappa shape index (κ1) is 9.51. The van der Waals surface area contributed by atoms with Crippen molar-refractivity contribution in [1.29, 1.82) is 0 Å². The lowest BCUT2D eigenvalue weighted by Gasteiger charge is -2.13. The number of nitrogens with two attached hydrogens (primary N) is 1. The lowest BCUT2D eigenvalue weighted by atomic mass is 10.2. The standard InChI is InChI=1S/C9H12FN3/c1-13(2)9-4-3-7(6-12-11)5-8(9)10/h3-6H,11H2,1-2H3/b12-6+. The van der Waals surface area contributed by atoms with Crippen LogP contribution < -0.4 is 10.7 Å². The molecule has 2 N–H and O–H groups in total. The molecule has 0 saturated carbocycles. The molecule has 0 saturated heterocycles. The molecule has 4 heteroatoms. The number of benzene rings is 1. The van der Waals surface area contributed by atoms with Gasteiger partial charge in [0.2, 0.25) is 0 Å². The minimum absolute atomic E-state index is 0.276. The van der Waals surface area contributed by atoms with Gasteiger partial charge < -0.3 is 10.7 Å². The van der Waals surface area contributed by atoms with Crippen LogP contribution in [0.2, 0.25) is 0 Å². The van der Waals surface area contributed by atoms with E-state index < -0.39 is 0 Å². The first-order chi connectivity index (χ1) is 6.15. The van der Waals surface area contributed by atoms with E-state index in [1.54, 1.807) is 31.1 Å². The maximum atomic E-state index is 13.3. The maximum absolute atomic E-state index is 13.3. The van der Waals surface area contributed by atoms with Gasteiger partial charge in [0, 0.05) is 14.1 Å². The molecule has 0 atom stereocenters. The van der Waals surface area contributed by atoms with Gasteiger partial charge in [-0.05, 0) is 17.7 Å². The predicted molar refractivity (Wildman–Crippen MR) is 52.5 cm³/mol. The molecule has 0 bridgehead atoms. The highest BCUT2D eigenvalue weighted by Gasteiger charge is 2.03. The minimum Gasteiger partial charge on any atom is -0.375 e. The highest BCUT2D eigenvalue weighted by atomic mass is 19.1. The van der Waals surface area contributed by atoms with E-state index in [-0.39, 0.29) is 5.82 Å². The van der Waals surface area contributed by atoms with E-state index in [1.807, 2.05) is 0 Å². The van der Waals surface area contributed by atoms with Gasteiger partial charge >= 0.3 is 0 Å². The summed E-state index contributed by atoms with van der Waals surface area (Å²) in [5.41, 5.74) is 1.21. The zero-order valence-electron chi connectivity index (χ0n) is 7.66. The smallest absolute Gasteiger partial charge is 0.147 e. The Morgan fingerprint density at radius 3 is 2.62 bits per heavy atom. The van der Waals surface area contributed by atoms with Gasteiger partial charge in [-0.15, -0.1) is 0 Å². The van der Waals surface area contributed by atoms with Crippen LogP contribution in [-0.2, 0) is 0 Å². The Morgan fingerprint density at radius 2 is 2.15 bits per heavy atom. The van der Waals surface area contributed by atoms with E-state index in [4.69, 9.17) is 5.84 Å². The molecule has 3 nitrogen and oxygen atoms in total. The van der Waals surface area contributed by atoms with Crippen molar-refractivity contribution in [3.63, 3.8) is 0 Å². The van der Waals surface area contributed by atoms with Crippen molar-refractivity contribution in [2.75, 3.05) is 19.0 Å². The molecular formula is C9H12FN3. The molecule has 1 aromatic rings. The zero-order valence-corrected chi connectivity index (χ0v) is 7.66. The molecule has 0 aliphatic heterocycles. The van der Waals surface area contributed by atoms with Crippen molar-refractivity contribution < 1.29 is 4.39 Å². The summed E-state index contributed by atoms with van der Waals surface area (Å²) < 4.78 is 13.3. The summed E-state index contributed by atoms with van der Waals surface area (Å²) in [4.78, 5) is 1.71. The average molecular weight is 181 g/mol. The third kappa shape index (κ3) is 2.18. The highest BCUT2D eigenvalue weighted by Crippen LogP contribution is 2.17. The van der Waals surface area contributed by atoms with Gasteiger partial charge in [-0.2, -0.15) is 5.10 Å². The van der Waals surface area contributed by atoms with Crippen molar-refractivity contribution in [1.82, 2.24) is 0 Å². The van der Waals surface area contributed by atoms with Crippen LogP contribution in [0.5, 0.6) is 0 Å². The van der Waals surface area contributed by atoms with E-state index >= 15 is 0 Å². The molecule has 1 aromatic carbocycles. The fraction of sp³-hybridized carbons (Fsp3) is 0.222. The Balaban J connectivity index is 3.05. The molecule has 13 heavy (non-hydrogen) atoms. The monoisotopic (exact) mass is 181 g/mol. The summed E-state index contributed by atoms with van der Waals surface area (Å²) in [5.74, 6) is 4.67. The normalized spacial score (nSPS) is 10.7. The number of halogens is 1. The fourth-order valence-electron chi connectivity index (χ4n) is 1.05. The second-order valence-electron chi connectivity index (χ2n) is 2.88. The molecule has 0 heterocycles. The van der Waals surface area contributed by atoms with Crippen LogP contribution >= 0.6 is 0 Å². The molecule has 0 amide bonds. The van der Waals surface area contributed by atoms with Crippen LogP contribution in [0.4, 0.5) is 10.1 Å².